The van der Waals surface area contributed by atoms with Crippen LogP contribution < -0.4 is 11.1 Å². The highest BCUT2D eigenvalue weighted by molar-refractivity contribution is 5.97. The summed E-state index contributed by atoms with van der Waals surface area (Å²) in [4.78, 5) is 24.3. The molecule has 27 heavy (non-hydrogen) atoms. The number of carbonyl (C=O) groups is 2. The summed E-state index contributed by atoms with van der Waals surface area (Å²) in [7, 11) is 0. The van der Waals surface area contributed by atoms with Crippen LogP contribution in [0.2, 0.25) is 0 Å². The molecule has 0 aliphatic heterocycles. The lowest BCUT2D eigenvalue weighted by atomic mass is 10.00. The molecule has 4 heteroatoms. The fourth-order valence-electron chi connectivity index (χ4n) is 3.31. The van der Waals surface area contributed by atoms with Gasteiger partial charge in [0.05, 0.1) is 11.4 Å². The van der Waals surface area contributed by atoms with Gasteiger partial charge in [0.2, 0.25) is 5.91 Å². The highest BCUT2D eigenvalue weighted by Gasteiger charge is 2.10. The number of unbranched alkanes of at least 4 members (excludes halogenated alkanes) is 3. The molecule has 2 aromatic carbocycles. The summed E-state index contributed by atoms with van der Waals surface area (Å²) < 4.78 is 0. The van der Waals surface area contributed by atoms with Crippen LogP contribution in [0, 0.1) is 0 Å². The van der Waals surface area contributed by atoms with Crippen molar-refractivity contribution in [1.29, 1.82) is 0 Å². The van der Waals surface area contributed by atoms with Crippen LogP contribution in [-0.4, -0.2) is 11.7 Å². The van der Waals surface area contributed by atoms with Gasteiger partial charge in [-0.25, -0.2) is 0 Å². The molecule has 0 heterocycles. The lowest BCUT2D eigenvalue weighted by molar-refractivity contribution is -0.116. The Morgan fingerprint density at radius 1 is 0.963 bits per heavy atom. The number of Topliss-reactive ketones (excluding diaryl/α,β-unsaturated/α-hetero) is 1. The SMILES string of the molecule is Nc1ccccc1NC(=O)CCCCCCC(=O)c1ccc2c(c1)C=CC2. The summed E-state index contributed by atoms with van der Waals surface area (Å²) >= 11 is 0. The number of rotatable bonds is 9. The quantitative estimate of drug-likeness (QED) is 0.374. The molecule has 3 rings (SSSR count). The van der Waals surface area contributed by atoms with E-state index in [1.807, 2.05) is 24.3 Å². The molecule has 140 valence electrons. The lowest BCUT2D eigenvalue weighted by Crippen LogP contribution is -2.12. The summed E-state index contributed by atoms with van der Waals surface area (Å²) in [6.07, 6.45) is 9.79. The van der Waals surface area contributed by atoms with Gasteiger partial charge in [-0.2, -0.15) is 0 Å². The maximum Gasteiger partial charge on any atom is 0.224 e. The molecule has 1 amide bonds. The van der Waals surface area contributed by atoms with Crippen LogP contribution in [0.3, 0.4) is 0 Å². The standard InChI is InChI=1S/C23H26N2O2/c24-20-10-5-6-11-21(20)25-23(27)13-4-2-1-3-12-22(26)19-15-14-17-8-7-9-18(17)16-19/h5-7,9-11,14-16H,1-4,8,12-13,24H2,(H,25,27). The van der Waals surface area contributed by atoms with Crippen molar-refractivity contribution in [2.45, 2.75) is 44.9 Å². The average molecular weight is 362 g/mol. The van der Waals surface area contributed by atoms with Crippen LogP contribution in [0.4, 0.5) is 11.4 Å². The molecule has 4 nitrogen and oxygen atoms in total. The number of nitrogen functional groups attached to an aromatic ring is 1. The van der Waals surface area contributed by atoms with Crippen molar-refractivity contribution >= 4 is 29.1 Å². The van der Waals surface area contributed by atoms with Gasteiger partial charge in [0.1, 0.15) is 0 Å². The van der Waals surface area contributed by atoms with Crippen molar-refractivity contribution in [2.75, 3.05) is 11.1 Å². The van der Waals surface area contributed by atoms with Crippen molar-refractivity contribution in [1.82, 2.24) is 0 Å². The molecule has 0 saturated heterocycles. The summed E-state index contributed by atoms with van der Waals surface area (Å²) in [6, 6.07) is 13.2. The Kier molecular flexibility index (Phi) is 6.42. The van der Waals surface area contributed by atoms with Crippen LogP contribution in [0.15, 0.2) is 48.5 Å². The number of nitrogens with two attached hydrogens (primary N) is 1. The maximum absolute atomic E-state index is 12.3. The number of benzene rings is 2. The van der Waals surface area contributed by atoms with E-state index in [4.69, 9.17) is 5.73 Å². The van der Waals surface area contributed by atoms with Crippen LogP contribution in [0.25, 0.3) is 6.08 Å². The van der Waals surface area contributed by atoms with E-state index in [0.29, 0.717) is 24.2 Å². The van der Waals surface area contributed by atoms with Gasteiger partial charge < -0.3 is 11.1 Å². The zero-order valence-corrected chi connectivity index (χ0v) is 15.5. The largest absolute Gasteiger partial charge is 0.397 e. The monoisotopic (exact) mass is 362 g/mol. The zero-order chi connectivity index (χ0) is 19.1. The fourth-order valence-corrected chi connectivity index (χ4v) is 3.31. The van der Waals surface area contributed by atoms with Crippen molar-refractivity contribution < 1.29 is 9.59 Å². The van der Waals surface area contributed by atoms with E-state index in [2.05, 4.69) is 23.5 Å². The molecule has 0 radical (unpaired) electrons. The molecule has 0 unspecified atom stereocenters. The number of anilines is 2. The van der Waals surface area contributed by atoms with Gasteiger partial charge in [0, 0.05) is 18.4 Å². The van der Waals surface area contributed by atoms with E-state index in [-0.39, 0.29) is 11.7 Å². The number of hydrogen-bond acceptors (Lipinski definition) is 3. The van der Waals surface area contributed by atoms with Gasteiger partial charge in [-0.15, -0.1) is 0 Å². The van der Waals surface area contributed by atoms with Crippen molar-refractivity contribution in [3.63, 3.8) is 0 Å². The van der Waals surface area contributed by atoms with Gasteiger partial charge in [-0.3, -0.25) is 9.59 Å². The van der Waals surface area contributed by atoms with Gasteiger partial charge in [0.15, 0.2) is 5.78 Å². The topological polar surface area (TPSA) is 72.2 Å². The Morgan fingerprint density at radius 2 is 1.74 bits per heavy atom. The number of ketones is 1. The fraction of sp³-hybridized carbons (Fsp3) is 0.304. The smallest absolute Gasteiger partial charge is 0.224 e. The normalized spacial score (nSPS) is 12.0. The number of carbonyl (C=O) groups excluding carboxylic acids is 2. The van der Waals surface area contributed by atoms with Crippen molar-refractivity contribution in [3.05, 3.63) is 65.2 Å². The van der Waals surface area contributed by atoms with E-state index < -0.39 is 0 Å². The van der Waals surface area contributed by atoms with Crippen molar-refractivity contribution in [2.24, 2.45) is 0 Å². The molecule has 1 aliphatic rings. The molecule has 0 bridgehead atoms. The minimum absolute atomic E-state index is 0.0184. The lowest BCUT2D eigenvalue weighted by Gasteiger charge is -2.07. The third kappa shape index (κ3) is 5.30. The molecule has 0 atom stereocenters. The van der Waals surface area contributed by atoms with Crippen LogP contribution in [0.5, 0.6) is 0 Å². The summed E-state index contributed by atoms with van der Waals surface area (Å²) in [5.74, 6) is 0.186. The number of amides is 1. The molecule has 0 saturated carbocycles. The number of fused-ring (bicyclic) bond motifs is 1. The first-order valence-electron chi connectivity index (χ1n) is 9.60. The second-order valence-electron chi connectivity index (χ2n) is 6.99. The van der Waals surface area contributed by atoms with Gasteiger partial charge in [-0.1, -0.05) is 49.3 Å². The van der Waals surface area contributed by atoms with Crippen LogP contribution in [-0.2, 0) is 11.2 Å². The summed E-state index contributed by atoms with van der Waals surface area (Å²) in [5.41, 5.74) is 10.3. The summed E-state index contributed by atoms with van der Waals surface area (Å²) in [5, 5.41) is 2.84. The predicted molar refractivity (Wildman–Crippen MR) is 111 cm³/mol. The molecular weight excluding hydrogens is 336 g/mol. The van der Waals surface area contributed by atoms with Crippen LogP contribution in [0.1, 0.15) is 60.0 Å². The highest BCUT2D eigenvalue weighted by Crippen LogP contribution is 2.22. The molecule has 1 aliphatic carbocycles. The van der Waals surface area contributed by atoms with E-state index in [0.717, 1.165) is 37.7 Å². The van der Waals surface area contributed by atoms with Gasteiger partial charge in [-0.05, 0) is 48.6 Å². The highest BCUT2D eigenvalue weighted by atomic mass is 16.1. The number of nitrogens with one attached hydrogen (secondary N) is 1. The first-order chi connectivity index (χ1) is 13.1. The Hall–Kier alpha value is -2.88. The molecule has 2 aromatic rings. The zero-order valence-electron chi connectivity index (χ0n) is 15.5. The second-order valence-corrected chi connectivity index (χ2v) is 6.99. The first kappa shape index (κ1) is 18.9. The molecule has 0 fully saturated rings. The van der Waals surface area contributed by atoms with Crippen LogP contribution >= 0.6 is 0 Å². The molecule has 3 N–H and O–H groups in total. The molecular formula is C23H26N2O2. The third-order valence-electron chi connectivity index (χ3n) is 4.90. The predicted octanol–water partition coefficient (Wildman–Crippen LogP) is 5.00. The minimum Gasteiger partial charge on any atom is -0.397 e. The Bertz CT molecular complexity index is 855. The number of hydrogen-bond donors (Lipinski definition) is 2. The number of para-hydroxylation sites is 2. The minimum atomic E-state index is -0.0184. The Morgan fingerprint density at radius 3 is 2.56 bits per heavy atom. The average Bonchev–Trinajstić information content (AvgIpc) is 3.14. The van der Waals surface area contributed by atoms with E-state index >= 15 is 0 Å². The second kappa shape index (κ2) is 9.17. The maximum atomic E-state index is 12.3. The van der Waals surface area contributed by atoms with E-state index in [1.165, 1.54) is 11.1 Å². The van der Waals surface area contributed by atoms with E-state index in [9.17, 15) is 9.59 Å². The van der Waals surface area contributed by atoms with Gasteiger partial charge in [0.25, 0.3) is 0 Å². The molecule has 0 spiro atoms. The summed E-state index contributed by atoms with van der Waals surface area (Å²) in [6.45, 7) is 0. The van der Waals surface area contributed by atoms with Gasteiger partial charge >= 0.3 is 0 Å². The Balaban J connectivity index is 1.31. The van der Waals surface area contributed by atoms with E-state index in [1.54, 1.807) is 12.1 Å². The Labute approximate surface area is 160 Å². The third-order valence-corrected chi connectivity index (χ3v) is 4.90. The molecule has 0 aromatic heterocycles. The van der Waals surface area contributed by atoms with Crippen molar-refractivity contribution in [3.8, 4) is 0 Å². The first-order valence-corrected chi connectivity index (χ1v) is 9.60. The number of allylic oxidation sites excluding steroid dienone is 1.